The molecule has 0 bridgehead atoms. The van der Waals surface area contributed by atoms with Crippen molar-refractivity contribution in [3.63, 3.8) is 0 Å². The minimum atomic E-state index is -0.350. The molecule has 5 heteroatoms. The number of amides is 2. The van der Waals surface area contributed by atoms with Gasteiger partial charge in [-0.1, -0.05) is 13.0 Å². The fourth-order valence-corrected chi connectivity index (χ4v) is 3.09. The normalized spacial score (nSPS) is 20.6. The minimum absolute atomic E-state index is 0.0269. The minimum Gasteiger partial charge on any atom is -0.350 e. The Kier molecular flexibility index (Phi) is 5.47. The highest BCUT2D eigenvalue weighted by Crippen LogP contribution is 2.23. The maximum atomic E-state index is 12.3. The van der Waals surface area contributed by atoms with Gasteiger partial charge in [0, 0.05) is 16.9 Å². The van der Waals surface area contributed by atoms with Gasteiger partial charge in [0.05, 0.1) is 5.88 Å². The molecule has 0 saturated carbocycles. The van der Waals surface area contributed by atoms with E-state index < -0.39 is 0 Å². The van der Waals surface area contributed by atoms with Crippen LogP contribution in [0, 0.1) is 0 Å². The van der Waals surface area contributed by atoms with Gasteiger partial charge in [-0.15, -0.1) is 11.8 Å². The first-order valence-corrected chi connectivity index (χ1v) is 7.79. The summed E-state index contributed by atoms with van der Waals surface area (Å²) in [6.07, 6.45) is 2.74. The summed E-state index contributed by atoms with van der Waals surface area (Å²) < 4.78 is 0. The van der Waals surface area contributed by atoms with Gasteiger partial charge in [-0.25, -0.2) is 0 Å². The predicted octanol–water partition coefficient (Wildman–Crippen LogP) is 2.16. The Morgan fingerprint density at radius 1 is 1.42 bits per heavy atom. The predicted molar refractivity (Wildman–Crippen MR) is 79.9 cm³/mol. The van der Waals surface area contributed by atoms with Crippen molar-refractivity contribution in [2.75, 3.05) is 11.6 Å². The average Bonchev–Trinajstić information content (AvgIpc) is 2.74. The number of rotatable bonds is 3. The van der Waals surface area contributed by atoms with Crippen LogP contribution in [0.3, 0.4) is 0 Å². The van der Waals surface area contributed by atoms with Crippen molar-refractivity contribution in [2.24, 2.45) is 0 Å². The first kappa shape index (κ1) is 16.1. The van der Waals surface area contributed by atoms with E-state index in [0.29, 0.717) is 11.6 Å². The van der Waals surface area contributed by atoms with E-state index in [1.807, 2.05) is 40.7 Å². The average molecular weight is 284 g/mol. The smallest absolute Gasteiger partial charge is 0.250 e. The second kappa shape index (κ2) is 6.46. The molecule has 1 atom stereocenters. The van der Waals surface area contributed by atoms with Crippen molar-refractivity contribution in [1.29, 1.82) is 0 Å². The third kappa shape index (κ3) is 4.56. The summed E-state index contributed by atoms with van der Waals surface area (Å²) in [7, 11) is 0. The van der Waals surface area contributed by atoms with Gasteiger partial charge < -0.3 is 10.2 Å². The van der Waals surface area contributed by atoms with Gasteiger partial charge in [-0.05, 0) is 34.1 Å². The number of allylic oxidation sites excluding steroid dienone is 1. The van der Waals surface area contributed by atoms with E-state index in [0.717, 1.165) is 12.0 Å². The summed E-state index contributed by atoms with van der Waals surface area (Å²) in [5.74, 6) is 1.18. The lowest BCUT2D eigenvalue weighted by atomic mass is 10.1. The molecule has 4 nitrogen and oxygen atoms in total. The Hall–Kier alpha value is -0.970. The van der Waals surface area contributed by atoms with Crippen LogP contribution in [0.15, 0.2) is 11.6 Å². The lowest BCUT2D eigenvalue weighted by Crippen LogP contribution is -2.52. The van der Waals surface area contributed by atoms with Gasteiger partial charge in [-0.3, -0.25) is 9.59 Å². The molecule has 1 aliphatic rings. The van der Waals surface area contributed by atoms with Crippen LogP contribution in [0.25, 0.3) is 0 Å². The van der Waals surface area contributed by atoms with Gasteiger partial charge in [0.15, 0.2) is 0 Å². The van der Waals surface area contributed by atoms with E-state index in [1.54, 1.807) is 16.7 Å². The Balaban J connectivity index is 2.77. The van der Waals surface area contributed by atoms with E-state index in [9.17, 15) is 9.59 Å². The molecule has 0 unspecified atom stereocenters. The summed E-state index contributed by atoms with van der Waals surface area (Å²) in [6.45, 7) is 9.65. The van der Waals surface area contributed by atoms with Gasteiger partial charge in [-0.2, -0.15) is 0 Å². The van der Waals surface area contributed by atoms with E-state index in [4.69, 9.17) is 0 Å². The van der Waals surface area contributed by atoms with E-state index in [-0.39, 0.29) is 23.4 Å². The van der Waals surface area contributed by atoms with E-state index in [1.165, 1.54) is 0 Å². The quantitative estimate of drug-likeness (QED) is 0.808. The number of carbonyl (C=O) groups is 2. The van der Waals surface area contributed by atoms with Crippen LogP contribution < -0.4 is 5.32 Å². The first-order valence-electron chi connectivity index (χ1n) is 6.63. The molecule has 1 N–H and O–H groups in total. The Morgan fingerprint density at radius 3 is 2.58 bits per heavy atom. The number of thioether (sulfide) groups is 1. The summed E-state index contributed by atoms with van der Waals surface area (Å²) in [5, 5.41) is 2.95. The van der Waals surface area contributed by atoms with Crippen LogP contribution >= 0.6 is 11.8 Å². The van der Waals surface area contributed by atoms with E-state index in [2.05, 4.69) is 5.32 Å². The van der Waals surface area contributed by atoms with Crippen molar-refractivity contribution >= 4 is 23.6 Å². The fraction of sp³-hybridized carbons (Fsp3) is 0.714. The van der Waals surface area contributed by atoms with Crippen molar-refractivity contribution in [3.8, 4) is 0 Å². The zero-order chi connectivity index (χ0) is 14.6. The number of hydrogen-bond acceptors (Lipinski definition) is 3. The maximum absolute atomic E-state index is 12.3. The van der Waals surface area contributed by atoms with Crippen molar-refractivity contribution < 1.29 is 9.59 Å². The van der Waals surface area contributed by atoms with Crippen LogP contribution in [0.2, 0.25) is 0 Å². The molecule has 0 spiro atoms. The first-order chi connectivity index (χ1) is 8.76. The fourth-order valence-electron chi connectivity index (χ4n) is 1.93. The topological polar surface area (TPSA) is 49.4 Å². The molecule has 108 valence electrons. The number of nitrogens with zero attached hydrogens (tertiary/aromatic N) is 1. The molecule has 0 aromatic carbocycles. The van der Waals surface area contributed by atoms with Gasteiger partial charge in [0.2, 0.25) is 5.91 Å². The molecule has 0 aromatic heterocycles. The summed E-state index contributed by atoms with van der Waals surface area (Å²) in [6, 6.07) is -0.350. The summed E-state index contributed by atoms with van der Waals surface area (Å²) >= 11 is 1.63. The molecule has 1 aliphatic heterocycles. The second-order valence-electron chi connectivity index (χ2n) is 5.83. The van der Waals surface area contributed by atoms with Crippen LogP contribution in [0.1, 0.15) is 41.0 Å². The standard InChI is InChI=1S/C14H24N2O2S/c1-6-7-10(2)13(18)16-9-19-8-11(16)12(17)15-14(3,4)5/h7,11H,6,8-9H2,1-5H3,(H,15,17)/b10-7-/t11-/m0/s1. The SMILES string of the molecule is CC/C=C(/C)C(=O)N1CSC[C@H]1C(=O)NC(C)(C)C. The van der Waals surface area contributed by atoms with E-state index >= 15 is 0 Å². The highest BCUT2D eigenvalue weighted by molar-refractivity contribution is 7.99. The Labute approximate surface area is 120 Å². The van der Waals surface area contributed by atoms with Crippen molar-refractivity contribution in [2.45, 2.75) is 52.6 Å². The molecule has 0 radical (unpaired) electrons. The molecule has 1 heterocycles. The van der Waals surface area contributed by atoms with Gasteiger partial charge in [0.25, 0.3) is 5.91 Å². The zero-order valence-corrected chi connectivity index (χ0v) is 13.3. The Morgan fingerprint density at radius 2 is 2.05 bits per heavy atom. The largest absolute Gasteiger partial charge is 0.350 e. The third-order valence-corrected chi connectivity index (χ3v) is 3.80. The number of carbonyl (C=O) groups excluding carboxylic acids is 2. The second-order valence-corrected chi connectivity index (χ2v) is 6.83. The van der Waals surface area contributed by atoms with Crippen LogP contribution in [0.4, 0.5) is 0 Å². The molecule has 0 aromatic rings. The van der Waals surface area contributed by atoms with Gasteiger partial charge in [0.1, 0.15) is 6.04 Å². The highest BCUT2D eigenvalue weighted by Gasteiger charge is 2.36. The summed E-state index contributed by atoms with van der Waals surface area (Å²) in [5.41, 5.74) is 0.450. The number of hydrogen-bond donors (Lipinski definition) is 1. The highest BCUT2D eigenvalue weighted by atomic mass is 32.2. The molecular formula is C14H24N2O2S. The molecule has 1 fully saturated rings. The van der Waals surface area contributed by atoms with Crippen molar-refractivity contribution in [3.05, 3.63) is 11.6 Å². The van der Waals surface area contributed by atoms with Crippen LogP contribution in [-0.4, -0.2) is 39.9 Å². The Bertz CT molecular complexity index is 385. The van der Waals surface area contributed by atoms with Crippen LogP contribution in [-0.2, 0) is 9.59 Å². The van der Waals surface area contributed by atoms with Gasteiger partial charge >= 0.3 is 0 Å². The van der Waals surface area contributed by atoms with Crippen LogP contribution in [0.5, 0.6) is 0 Å². The molecule has 1 rings (SSSR count). The maximum Gasteiger partial charge on any atom is 0.250 e. The number of nitrogens with one attached hydrogen (secondary N) is 1. The molecule has 19 heavy (non-hydrogen) atoms. The monoisotopic (exact) mass is 284 g/mol. The molecule has 0 aliphatic carbocycles. The third-order valence-electron chi connectivity index (χ3n) is 2.79. The molecule has 1 saturated heterocycles. The zero-order valence-electron chi connectivity index (χ0n) is 12.4. The molecule has 2 amide bonds. The molecular weight excluding hydrogens is 260 g/mol. The summed E-state index contributed by atoms with van der Waals surface area (Å²) in [4.78, 5) is 26.2. The lowest BCUT2D eigenvalue weighted by molar-refractivity contribution is -0.136. The van der Waals surface area contributed by atoms with Crippen molar-refractivity contribution in [1.82, 2.24) is 10.2 Å². The lowest BCUT2D eigenvalue weighted by Gasteiger charge is -2.27.